The van der Waals surface area contributed by atoms with E-state index in [4.69, 9.17) is 10.6 Å². The molecule has 2 heterocycles. The molecule has 6 heteroatoms. The number of carbonyl (C=O) groups excluding carboxylic acids is 1. The van der Waals surface area contributed by atoms with Crippen molar-refractivity contribution in [2.24, 2.45) is 5.73 Å². The van der Waals surface area contributed by atoms with E-state index in [0.29, 0.717) is 0 Å². The first-order valence-corrected chi connectivity index (χ1v) is 5.28. The van der Waals surface area contributed by atoms with Crippen molar-refractivity contribution in [1.29, 1.82) is 0 Å². The van der Waals surface area contributed by atoms with Crippen molar-refractivity contribution < 1.29 is 14.0 Å². The molecule has 5 nitrogen and oxygen atoms in total. The normalized spacial score (nSPS) is 32.3. The van der Waals surface area contributed by atoms with Crippen LogP contribution in [0.1, 0.15) is 12.8 Å². The molecule has 0 aromatic heterocycles. The first-order chi connectivity index (χ1) is 7.16. The number of likely N-dealkylation sites (tertiary alicyclic amines) is 1. The predicted molar refractivity (Wildman–Crippen MR) is 51.7 cm³/mol. The number of hydrogen-bond acceptors (Lipinski definition) is 4. The fourth-order valence-electron chi connectivity index (χ4n) is 1.90. The van der Waals surface area contributed by atoms with E-state index < -0.39 is 12.2 Å². The van der Waals surface area contributed by atoms with Crippen LogP contribution in [0.25, 0.3) is 0 Å². The van der Waals surface area contributed by atoms with Crippen molar-refractivity contribution in [1.82, 2.24) is 9.96 Å². The van der Waals surface area contributed by atoms with Crippen LogP contribution in [0.3, 0.4) is 0 Å². The Labute approximate surface area is 87.9 Å². The van der Waals surface area contributed by atoms with Crippen LogP contribution in [0, 0.1) is 0 Å². The van der Waals surface area contributed by atoms with Gasteiger partial charge in [-0.25, -0.2) is 9.18 Å². The number of amides is 1. The van der Waals surface area contributed by atoms with Crippen LogP contribution in [-0.2, 0) is 4.84 Å². The van der Waals surface area contributed by atoms with E-state index in [9.17, 15) is 9.18 Å². The highest BCUT2D eigenvalue weighted by molar-refractivity contribution is 5.67. The molecule has 2 saturated heterocycles. The lowest BCUT2D eigenvalue weighted by molar-refractivity contribution is -0.0965. The Morgan fingerprint density at radius 2 is 2.00 bits per heavy atom. The zero-order chi connectivity index (χ0) is 10.8. The van der Waals surface area contributed by atoms with Gasteiger partial charge in [-0.05, 0) is 12.8 Å². The van der Waals surface area contributed by atoms with Gasteiger partial charge in [0.15, 0.2) is 0 Å². The molecule has 2 N–H and O–H groups in total. The zero-order valence-electron chi connectivity index (χ0n) is 8.56. The third-order valence-corrected chi connectivity index (χ3v) is 2.83. The molecule has 15 heavy (non-hydrogen) atoms. The molecule has 0 spiro atoms. The number of hydrogen-bond donors (Lipinski definition) is 1. The molecule has 2 rings (SSSR count). The maximum absolute atomic E-state index is 13.0. The third kappa shape index (κ3) is 2.38. The molecule has 0 radical (unpaired) electrons. The number of nitrogens with two attached hydrogens (primary N) is 1. The maximum Gasteiger partial charge on any atom is 0.428 e. The first-order valence-electron chi connectivity index (χ1n) is 5.28. The summed E-state index contributed by atoms with van der Waals surface area (Å²) in [5.74, 6) is 0. The van der Waals surface area contributed by atoms with Crippen LogP contribution in [0.5, 0.6) is 0 Å². The summed E-state index contributed by atoms with van der Waals surface area (Å²) in [6.45, 7) is 1.83. The highest BCUT2D eigenvalue weighted by atomic mass is 19.1. The van der Waals surface area contributed by atoms with Gasteiger partial charge in [0, 0.05) is 13.1 Å². The SMILES string of the molecule is N[C@@H]1CN(OC(=O)N2CCCC2)C[C@H]1F. The largest absolute Gasteiger partial charge is 0.428 e. The molecule has 0 bridgehead atoms. The van der Waals surface area contributed by atoms with Crippen molar-refractivity contribution in [3.63, 3.8) is 0 Å². The van der Waals surface area contributed by atoms with Crippen molar-refractivity contribution in [3.8, 4) is 0 Å². The lowest BCUT2D eigenvalue weighted by atomic mass is 10.3. The number of rotatable bonds is 1. The van der Waals surface area contributed by atoms with Crippen molar-refractivity contribution >= 4 is 6.09 Å². The molecule has 0 aliphatic carbocycles. The number of carbonyl (C=O) groups is 1. The van der Waals surface area contributed by atoms with Crippen LogP contribution in [-0.4, -0.2) is 54.4 Å². The molecule has 2 atom stereocenters. The molecule has 86 valence electrons. The zero-order valence-corrected chi connectivity index (χ0v) is 8.56. The molecule has 2 fully saturated rings. The van der Waals surface area contributed by atoms with E-state index in [1.165, 1.54) is 5.06 Å². The summed E-state index contributed by atoms with van der Waals surface area (Å²) < 4.78 is 13.0. The molecule has 0 aromatic carbocycles. The monoisotopic (exact) mass is 217 g/mol. The Morgan fingerprint density at radius 3 is 2.53 bits per heavy atom. The summed E-state index contributed by atoms with van der Waals surface area (Å²) in [5.41, 5.74) is 5.48. The first kappa shape index (κ1) is 10.6. The average molecular weight is 217 g/mol. The van der Waals surface area contributed by atoms with Crippen LogP contribution in [0.2, 0.25) is 0 Å². The average Bonchev–Trinajstić information content (AvgIpc) is 2.77. The highest BCUT2D eigenvalue weighted by Gasteiger charge is 2.33. The van der Waals surface area contributed by atoms with Crippen molar-refractivity contribution in [2.45, 2.75) is 25.1 Å². The van der Waals surface area contributed by atoms with E-state index in [2.05, 4.69) is 0 Å². The summed E-state index contributed by atoms with van der Waals surface area (Å²) >= 11 is 0. The van der Waals surface area contributed by atoms with Crippen molar-refractivity contribution in [2.75, 3.05) is 26.2 Å². The summed E-state index contributed by atoms with van der Waals surface area (Å²) in [6.07, 6.45) is 0.547. The Morgan fingerprint density at radius 1 is 1.33 bits per heavy atom. The van der Waals surface area contributed by atoms with Gasteiger partial charge in [-0.3, -0.25) is 0 Å². The van der Waals surface area contributed by atoms with Gasteiger partial charge in [0.05, 0.1) is 19.1 Å². The molecular formula is C9H16FN3O2. The summed E-state index contributed by atoms with van der Waals surface area (Å²) in [6, 6.07) is -0.545. The van der Waals surface area contributed by atoms with Gasteiger partial charge in [-0.15, -0.1) is 5.06 Å². The van der Waals surface area contributed by atoms with Gasteiger partial charge in [-0.1, -0.05) is 0 Å². The maximum atomic E-state index is 13.0. The number of halogens is 1. The molecule has 1 amide bonds. The van der Waals surface area contributed by atoms with Gasteiger partial charge in [0.25, 0.3) is 0 Å². The minimum atomic E-state index is -1.10. The molecule has 0 aromatic rings. The standard InChI is InChI=1S/C9H16FN3O2/c10-7-5-13(6-8(7)11)15-9(14)12-3-1-2-4-12/h7-8H,1-6,11H2/t7-,8-/m1/s1. The molecular weight excluding hydrogens is 201 g/mol. The smallest absolute Gasteiger partial charge is 0.351 e. The molecule has 0 saturated carbocycles. The minimum Gasteiger partial charge on any atom is -0.351 e. The van der Waals surface area contributed by atoms with E-state index in [1.807, 2.05) is 0 Å². The van der Waals surface area contributed by atoms with Crippen LogP contribution in [0.15, 0.2) is 0 Å². The highest BCUT2D eigenvalue weighted by Crippen LogP contribution is 2.15. The Hall–Kier alpha value is -0.880. The number of nitrogens with zero attached hydrogens (tertiary/aromatic N) is 2. The second-order valence-corrected chi connectivity index (χ2v) is 4.08. The fraction of sp³-hybridized carbons (Fsp3) is 0.889. The van der Waals surface area contributed by atoms with Gasteiger partial charge < -0.3 is 15.5 Å². The summed E-state index contributed by atoms with van der Waals surface area (Å²) in [4.78, 5) is 18.2. The Kier molecular flexibility index (Phi) is 3.06. The summed E-state index contributed by atoms with van der Waals surface area (Å²) in [5, 5.41) is 1.32. The molecule has 2 aliphatic heterocycles. The molecule has 0 unspecified atom stereocenters. The number of alkyl halides is 1. The van der Waals surface area contributed by atoms with E-state index >= 15 is 0 Å². The Balaban J connectivity index is 1.79. The lowest BCUT2D eigenvalue weighted by Crippen LogP contribution is -2.36. The third-order valence-electron chi connectivity index (χ3n) is 2.83. The Bertz CT molecular complexity index is 236. The topological polar surface area (TPSA) is 58.8 Å². The van der Waals surface area contributed by atoms with E-state index in [0.717, 1.165) is 25.9 Å². The second-order valence-electron chi connectivity index (χ2n) is 4.08. The molecule has 2 aliphatic rings. The van der Waals surface area contributed by atoms with Crippen molar-refractivity contribution in [3.05, 3.63) is 0 Å². The van der Waals surface area contributed by atoms with Gasteiger partial charge in [0.2, 0.25) is 0 Å². The second kappa shape index (κ2) is 4.32. The van der Waals surface area contributed by atoms with E-state index in [1.54, 1.807) is 4.90 Å². The van der Waals surface area contributed by atoms with E-state index in [-0.39, 0.29) is 19.2 Å². The number of hydroxylamine groups is 2. The van der Waals surface area contributed by atoms with Gasteiger partial charge in [-0.2, -0.15) is 0 Å². The van der Waals surface area contributed by atoms with Gasteiger partial charge in [0.1, 0.15) is 6.17 Å². The predicted octanol–water partition coefficient (Wildman–Crippen LogP) is 0.115. The van der Waals surface area contributed by atoms with Crippen LogP contribution in [0.4, 0.5) is 9.18 Å². The van der Waals surface area contributed by atoms with Gasteiger partial charge >= 0.3 is 6.09 Å². The quantitative estimate of drug-likeness (QED) is 0.677. The fourth-order valence-corrected chi connectivity index (χ4v) is 1.90. The van der Waals surface area contributed by atoms with Crippen LogP contribution >= 0.6 is 0 Å². The van der Waals surface area contributed by atoms with Crippen LogP contribution < -0.4 is 5.73 Å². The minimum absolute atomic E-state index is 0.0841. The summed E-state index contributed by atoms with van der Waals surface area (Å²) in [7, 11) is 0. The lowest BCUT2D eigenvalue weighted by Gasteiger charge is -2.19.